The summed E-state index contributed by atoms with van der Waals surface area (Å²) in [6, 6.07) is 0. The Bertz CT molecular complexity index is 357. The van der Waals surface area contributed by atoms with Gasteiger partial charge in [0.15, 0.2) is 11.5 Å². The van der Waals surface area contributed by atoms with Gasteiger partial charge in [-0.3, -0.25) is 0 Å². The third-order valence-electron chi connectivity index (χ3n) is 2.05. The van der Waals surface area contributed by atoms with Crippen LogP contribution < -0.4 is 0 Å². The van der Waals surface area contributed by atoms with Crippen molar-refractivity contribution in [3.8, 4) is 0 Å². The van der Waals surface area contributed by atoms with Gasteiger partial charge in [0, 0.05) is 26.5 Å². The molecule has 0 aliphatic heterocycles. The SMILES string of the molecule is CCOC(OCC)c1nc(C(F)(F)F)cn1C. The minimum absolute atomic E-state index is 0.112. The second kappa shape index (κ2) is 5.50. The van der Waals surface area contributed by atoms with Crippen molar-refractivity contribution in [2.24, 2.45) is 7.05 Å². The highest BCUT2D eigenvalue weighted by atomic mass is 19.4. The predicted molar refractivity (Wildman–Crippen MR) is 54.2 cm³/mol. The number of hydrogen-bond acceptors (Lipinski definition) is 3. The Morgan fingerprint density at radius 1 is 1.29 bits per heavy atom. The largest absolute Gasteiger partial charge is 0.434 e. The van der Waals surface area contributed by atoms with Gasteiger partial charge in [-0.1, -0.05) is 0 Å². The normalized spacial score (nSPS) is 12.4. The zero-order valence-electron chi connectivity index (χ0n) is 9.91. The standard InChI is InChI=1S/C10H15F3N2O2/c1-4-16-9(17-5-2)8-14-7(6-15(8)3)10(11,12)13/h6,9H,4-5H2,1-3H3. The molecule has 0 aromatic carbocycles. The molecule has 0 aliphatic rings. The van der Waals surface area contributed by atoms with E-state index in [0.29, 0.717) is 13.2 Å². The summed E-state index contributed by atoms with van der Waals surface area (Å²) < 4.78 is 49.0. The molecule has 17 heavy (non-hydrogen) atoms. The average molecular weight is 252 g/mol. The van der Waals surface area contributed by atoms with Crippen molar-refractivity contribution in [3.05, 3.63) is 17.7 Å². The molecule has 0 N–H and O–H groups in total. The van der Waals surface area contributed by atoms with Crippen LogP contribution in [0, 0.1) is 0 Å². The molecule has 1 rings (SSSR count). The van der Waals surface area contributed by atoms with Gasteiger partial charge in [-0.2, -0.15) is 13.2 Å². The average Bonchev–Trinajstić information content (AvgIpc) is 2.59. The lowest BCUT2D eigenvalue weighted by Crippen LogP contribution is -2.14. The van der Waals surface area contributed by atoms with Crippen LogP contribution in [0.2, 0.25) is 0 Å². The van der Waals surface area contributed by atoms with Gasteiger partial charge in [0.05, 0.1) is 0 Å². The number of nitrogens with zero attached hydrogens (tertiary/aromatic N) is 2. The minimum atomic E-state index is -4.46. The van der Waals surface area contributed by atoms with Crippen molar-refractivity contribution in [2.75, 3.05) is 13.2 Å². The summed E-state index contributed by atoms with van der Waals surface area (Å²) in [7, 11) is 1.47. The number of imidazole rings is 1. The molecule has 1 aromatic heterocycles. The minimum Gasteiger partial charge on any atom is -0.346 e. The van der Waals surface area contributed by atoms with Crippen molar-refractivity contribution in [1.82, 2.24) is 9.55 Å². The van der Waals surface area contributed by atoms with Crippen molar-refractivity contribution >= 4 is 0 Å². The van der Waals surface area contributed by atoms with Gasteiger partial charge in [0.25, 0.3) is 0 Å². The van der Waals surface area contributed by atoms with E-state index in [1.165, 1.54) is 11.6 Å². The summed E-state index contributed by atoms with van der Waals surface area (Å²) in [4.78, 5) is 3.51. The lowest BCUT2D eigenvalue weighted by Gasteiger charge is -2.16. The Labute approximate surface area is 97.3 Å². The van der Waals surface area contributed by atoms with Crippen LogP contribution in [0.4, 0.5) is 13.2 Å². The molecule has 4 nitrogen and oxygen atoms in total. The number of halogens is 3. The topological polar surface area (TPSA) is 36.3 Å². The summed E-state index contributed by atoms with van der Waals surface area (Å²) in [5.74, 6) is 0.112. The maximum atomic E-state index is 12.5. The summed E-state index contributed by atoms with van der Waals surface area (Å²) in [5.41, 5.74) is -0.945. The number of alkyl halides is 3. The Morgan fingerprint density at radius 2 is 1.82 bits per heavy atom. The molecule has 98 valence electrons. The summed E-state index contributed by atoms with van der Waals surface area (Å²) >= 11 is 0. The third kappa shape index (κ3) is 3.44. The zero-order valence-corrected chi connectivity index (χ0v) is 9.91. The van der Waals surface area contributed by atoms with E-state index in [1.807, 2.05) is 0 Å². The highest BCUT2D eigenvalue weighted by Crippen LogP contribution is 2.30. The Morgan fingerprint density at radius 3 is 2.18 bits per heavy atom. The van der Waals surface area contributed by atoms with Gasteiger partial charge in [-0.05, 0) is 13.8 Å². The van der Waals surface area contributed by atoms with Gasteiger partial charge in [-0.15, -0.1) is 0 Å². The first-order chi connectivity index (χ1) is 7.90. The quantitative estimate of drug-likeness (QED) is 0.755. The highest BCUT2D eigenvalue weighted by Gasteiger charge is 2.35. The molecule has 1 aromatic rings. The lowest BCUT2D eigenvalue weighted by molar-refractivity contribution is -0.149. The molecule has 1 heterocycles. The molecule has 0 amide bonds. The predicted octanol–water partition coefficient (Wildman–Crippen LogP) is 2.51. The lowest BCUT2D eigenvalue weighted by atomic mass is 10.5. The van der Waals surface area contributed by atoms with E-state index in [2.05, 4.69) is 4.98 Å². The van der Waals surface area contributed by atoms with Gasteiger partial charge in [0.1, 0.15) is 0 Å². The fourth-order valence-electron chi connectivity index (χ4n) is 1.34. The molecular weight excluding hydrogens is 237 g/mol. The van der Waals surface area contributed by atoms with Crippen molar-refractivity contribution in [1.29, 1.82) is 0 Å². The van der Waals surface area contributed by atoms with E-state index in [4.69, 9.17) is 9.47 Å². The van der Waals surface area contributed by atoms with Crippen molar-refractivity contribution < 1.29 is 22.6 Å². The third-order valence-corrected chi connectivity index (χ3v) is 2.05. The maximum Gasteiger partial charge on any atom is 0.434 e. The van der Waals surface area contributed by atoms with E-state index in [-0.39, 0.29) is 5.82 Å². The van der Waals surface area contributed by atoms with Crippen LogP contribution >= 0.6 is 0 Å². The molecule has 0 fully saturated rings. The van der Waals surface area contributed by atoms with Gasteiger partial charge in [0.2, 0.25) is 6.29 Å². The van der Waals surface area contributed by atoms with Crippen LogP contribution in [-0.4, -0.2) is 22.8 Å². The van der Waals surface area contributed by atoms with Gasteiger partial charge < -0.3 is 14.0 Å². The fourth-order valence-corrected chi connectivity index (χ4v) is 1.34. The Kier molecular flexibility index (Phi) is 4.53. The first-order valence-electron chi connectivity index (χ1n) is 5.23. The van der Waals surface area contributed by atoms with Crippen molar-refractivity contribution in [2.45, 2.75) is 26.3 Å². The van der Waals surface area contributed by atoms with Crippen LogP contribution in [0.3, 0.4) is 0 Å². The van der Waals surface area contributed by atoms with Crippen LogP contribution in [0.5, 0.6) is 0 Å². The summed E-state index contributed by atoms with van der Waals surface area (Å²) in [5, 5.41) is 0. The van der Waals surface area contributed by atoms with Crippen LogP contribution in [-0.2, 0) is 22.7 Å². The van der Waals surface area contributed by atoms with Gasteiger partial charge >= 0.3 is 6.18 Å². The summed E-state index contributed by atoms with van der Waals surface area (Å²) in [6.45, 7) is 4.14. The summed E-state index contributed by atoms with van der Waals surface area (Å²) in [6.07, 6.45) is -4.41. The molecule has 0 saturated carbocycles. The zero-order chi connectivity index (χ0) is 13.1. The first-order valence-corrected chi connectivity index (χ1v) is 5.23. The van der Waals surface area contributed by atoms with Crippen LogP contribution in [0.1, 0.15) is 31.7 Å². The van der Waals surface area contributed by atoms with Gasteiger partial charge in [-0.25, -0.2) is 4.98 Å². The molecule has 0 aliphatic carbocycles. The second-order valence-electron chi connectivity index (χ2n) is 3.34. The molecule has 0 saturated heterocycles. The Balaban J connectivity index is 2.99. The molecule has 7 heteroatoms. The number of rotatable bonds is 5. The van der Waals surface area contributed by atoms with Crippen molar-refractivity contribution in [3.63, 3.8) is 0 Å². The molecule has 0 spiro atoms. The monoisotopic (exact) mass is 252 g/mol. The number of hydrogen-bond donors (Lipinski definition) is 0. The first kappa shape index (κ1) is 14.0. The van der Waals surface area contributed by atoms with Crippen LogP contribution in [0.15, 0.2) is 6.20 Å². The maximum absolute atomic E-state index is 12.5. The smallest absolute Gasteiger partial charge is 0.346 e. The van der Waals surface area contributed by atoms with E-state index in [1.54, 1.807) is 13.8 Å². The molecular formula is C10H15F3N2O2. The van der Waals surface area contributed by atoms with E-state index in [0.717, 1.165) is 6.20 Å². The van der Waals surface area contributed by atoms with E-state index in [9.17, 15) is 13.2 Å². The van der Waals surface area contributed by atoms with E-state index < -0.39 is 18.2 Å². The fraction of sp³-hybridized carbons (Fsp3) is 0.700. The van der Waals surface area contributed by atoms with E-state index >= 15 is 0 Å². The second-order valence-corrected chi connectivity index (χ2v) is 3.34. The Hall–Kier alpha value is -1.08. The molecule has 0 bridgehead atoms. The van der Waals surface area contributed by atoms with Crippen LogP contribution in [0.25, 0.3) is 0 Å². The molecule has 0 radical (unpaired) electrons. The highest BCUT2D eigenvalue weighted by molar-refractivity contribution is 5.08. The number of aromatic nitrogens is 2. The molecule has 0 unspecified atom stereocenters. The number of aryl methyl sites for hydroxylation is 1. The molecule has 0 atom stereocenters. The number of ether oxygens (including phenoxy) is 2.